The first-order valence-corrected chi connectivity index (χ1v) is 9.88. The van der Waals surface area contributed by atoms with Crippen LogP contribution >= 0.6 is 0 Å². The summed E-state index contributed by atoms with van der Waals surface area (Å²) in [6, 6.07) is 2.39. The van der Waals surface area contributed by atoms with Crippen LogP contribution in [0, 0.1) is 11.3 Å². The van der Waals surface area contributed by atoms with Crippen molar-refractivity contribution in [3.63, 3.8) is 0 Å². The van der Waals surface area contributed by atoms with Gasteiger partial charge in [0.2, 0.25) is 0 Å². The fourth-order valence-corrected chi connectivity index (χ4v) is 4.81. The minimum atomic E-state index is 0.171. The molecule has 26 heavy (non-hydrogen) atoms. The largest absolute Gasteiger partial charge is 0.377 e. The summed E-state index contributed by atoms with van der Waals surface area (Å²) >= 11 is 0. The Morgan fingerprint density at radius 3 is 2.85 bits per heavy atom. The topological polar surface area (TPSA) is 66.1 Å². The predicted molar refractivity (Wildman–Crippen MR) is 99.9 cm³/mol. The minimum Gasteiger partial charge on any atom is -0.377 e. The second-order valence-electron chi connectivity index (χ2n) is 8.24. The molecule has 7 heteroatoms. The smallest absolute Gasteiger partial charge is 0.194 e. The monoisotopic (exact) mass is 361 g/mol. The molecule has 3 heterocycles. The van der Waals surface area contributed by atoms with Gasteiger partial charge in [-0.2, -0.15) is 0 Å². The van der Waals surface area contributed by atoms with Crippen molar-refractivity contribution in [2.75, 3.05) is 39.3 Å². The maximum atomic E-state index is 5.93. The Bertz CT molecular complexity index is 622. The molecule has 1 aliphatic carbocycles. The number of hydrogen-bond donors (Lipinski definition) is 1. The summed E-state index contributed by atoms with van der Waals surface area (Å²) in [4.78, 5) is 9.62. The fourth-order valence-electron chi connectivity index (χ4n) is 4.81. The summed E-state index contributed by atoms with van der Waals surface area (Å²) in [5.74, 6) is 1.69. The van der Waals surface area contributed by atoms with Crippen molar-refractivity contribution in [1.82, 2.24) is 20.3 Å². The number of hydrogen-bond acceptors (Lipinski definition) is 5. The molecular formula is C19H31N5O2. The van der Waals surface area contributed by atoms with Gasteiger partial charge < -0.3 is 19.5 Å². The van der Waals surface area contributed by atoms with Crippen LogP contribution in [0.5, 0.6) is 0 Å². The second-order valence-corrected chi connectivity index (χ2v) is 8.24. The highest BCUT2D eigenvalue weighted by Crippen LogP contribution is 2.52. The summed E-state index contributed by atoms with van der Waals surface area (Å²) in [5.41, 5.74) is 1.17. The first-order valence-electron chi connectivity index (χ1n) is 9.88. The number of guanidine groups is 1. The van der Waals surface area contributed by atoms with Crippen molar-refractivity contribution >= 4 is 5.96 Å². The lowest BCUT2D eigenvalue weighted by Gasteiger charge is -2.55. The number of piperazine rings is 1. The van der Waals surface area contributed by atoms with Gasteiger partial charge in [-0.05, 0) is 13.3 Å². The van der Waals surface area contributed by atoms with Crippen molar-refractivity contribution in [2.45, 2.75) is 45.9 Å². The quantitative estimate of drug-likeness (QED) is 0.649. The third-order valence-electron chi connectivity index (χ3n) is 6.24. The Labute approximate surface area is 155 Å². The summed E-state index contributed by atoms with van der Waals surface area (Å²) in [7, 11) is 0. The molecule has 1 saturated carbocycles. The van der Waals surface area contributed by atoms with Crippen LogP contribution in [0.3, 0.4) is 0 Å². The summed E-state index contributed by atoms with van der Waals surface area (Å²) in [5, 5.41) is 7.82. The lowest BCUT2D eigenvalue weighted by atomic mass is 9.57. The standard InChI is InChI=1S/C19H31N5O2/c1-4-20-18(21-16-15-6-11-25-17(15)19(16,2)3)24-9-7-23(8-10-24)13-14-5-12-26-22-14/h5,12,15-17H,4,6-11,13H2,1-3H3,(H,20,21). The molecule has 0 amide bonds. The molecule has 144 valence electrons. The fraction of sp³-hybridized carbons (Fsp3) is 0.789. The lowest BCUT2D eigenvalue weighted by Crippen LogP contribution is -2.68. The van der Waals surface area contributed by atoms with E-state index in [1.165, 1.54) is 0 Å². The van der Waals surface area contributed by atoms with E-state index in [1.807, 2.05) is 6.07 Å². The minimum absolute atomic E-state index is 0.171. The van der Waals surface area contributed by atoms with Crippen LogP contribution in [0.2, 0.25) is 0 Å². The lowest BCUT2D eigenvalue weighted by molar-refractivity contribution is -0.107. The van der Waals surface area contributed by atoms with Crippen molar-refractivity contribution in [1.29, 1.82) is 0 Å². The second kappa shape index (κ2) is 7.19. The van der Waals surface area contributed by atoms with Crippen LogP contribution in [0.1, 0.15) is 32.9 Å². The van der Waals surface area contributed by atoms with Crippen molar-refractivity contribution in [2.24, 2.45) is 16.3 Å². The molecule has 0 aromatic carbocycles. The molecule has 2 saturated heterocycles. The van der Waals surface area contributed by atoms with Gasteiger partial charge in [0, 0.05) is 69.3 Å². The van der Waals surface area contributed by atoms with Crippen molar-refractivity contribution in [3.05, 3.63) is 18.0 Å². The molecule has 4 rings (SSSR count). The molecule has 3 fully saturated rings. The zero-order chi connectivity index (χ0) is 18.1. The number of aromatic nitrogens is 1. The van der Waals surface area contributed by atoms with Gasteiger partial charge in [-0.25, -0.2) is 0 Å². The van der Waals surface area contributed by atoms with Gasteiger partial charge in [-0.15, -0.1) is 0 Å². The number of nitrogens with one attached hydrogen (secondary N) is 1. The molecule has 3 atom stereocenters. The van der Waals surface area contributed by atoms with Crippen LogP contribution in [0.25, 0.3) is 0 Å². The van der Waals surface area contributed by atoms with Crippen LogP contribution < -0.4 is 5.32 Å². The van der Waals surface area contributed by atoms with E-state index < -0.39 is 0 Å². The van der Waals surface area contributed by atoms with E-state index in [4.69, 9.17) is 14.3 Å². The molecule has 0 bridgehead atoms. The summed E-state index contributed by atoms with van der Waals surface area (Å²) in [6.45, 7) is 13.3. The third kappa shape index (κ3) is 3.22. The molecule has 3 unspecified atom stereocenters. The SMILES string of the molecule is CCN=C(NC1C2CCOC2C1(C)C)N1CCN(Cc2ccon2)CC1. The van der Waals surface area contributed by atoms with E-state index in [2.05, 4.69) is 41.0 Å². The van der Waals surface area contributed by atoms with E-state index in [1.54, 1.807) is 6.26 Å². The van der Waals surface area contributed by atoms with Crippen LogP contribution in [0.4, 0.5) is 0 Å². The zero-order valence-electron chi connectivity index (χ0n) is 16.1. The molecule has 1 aromatic rings. The van der Waals surface area contributed by atoms with Gasteiger partial charge in [0.25, 0.3) is 0 Å². The Kier molecular flexibility index (Phi) is 4.92. The molecule has 3 aliphatic rings. The number of aliphatic imine (C=N–C) groups is 1. The first-order chi connectivity index (χ1) is 12.6. The van der Waals surface area contributed by atoms with Gasteiger partial charge in [-0.1, -0.05) is 19.0 Å². The normalized spacial score (nSPS) is 31.6. The molecule has 1 aromatic heterocycles. The number of nitrogens with zero attached hydrogens (tertiary/aromatic N) is 4. The molecule has 2 aliphatic heterocycles. The summed E-state index contributed by atoms with van der Waals surface area (Å²) in [6.07, 6.45) is 3.21. The molecular weight excluding hydrogens is 330 g/mol. The van der Waals surface area contributed by atoms with Gasteiger partial charge in [0.15, 0.2) is 5.96 Å². The predicted octanol–water partition coefficient (Wildman–Crippen LogP) is 1.57. The summed E-state index contributed by atoms with van der Waals surface area (Å²) < 4.78 is 10.9. The zero-order valence-corrected chi connectivity index (χ0v) is 16.1. The van der Waals surface area contributed by atoms with Crippen LogP contribution in [-0.4, -0.2) is 72.4 Å². The van der Waals surface area contributed by atoms with Crippen LogP contribution in [-0.2, 0) is 11.3 Å². The van der Waals surface area contributed by atoms with Crippen LogP contribution in [0.15, 0.2) is 21.8 Å². The van der Waals surface area contributed by atoms with E-state index in [-0.39, 0.29) is 5.41 Å². The van der Waals surface area contributed by atoms with E-state index in [9.17, 15) is 0 Å². The van der Waals surface area contributed by atoms with E-state index in [0.717, 1.165) is 63.9 Å². The molecule has 0 spiro atoms. The molecule has 1 N–H and O–H groups in total. The highest BCUT2D eigenvalue weighted by atomic mass is 16.5. The highest BCUT2D eigenvalue weighted by Gasteiger charge is 2.59. The van der Waals surface area contributed by atoms with Gasteiger partial charge >= 0.3 is 0 Å². The number of rotatable bonds is 4. The number of fused-ring (bicyclic) bond motifs is 1. The maximum Gasteiger partial charge on any atom is 0.194 e. The Balaban J connectivity index is 1.35. The molecule has 7 nitrogen and oxygen atoms in total. The van der Waals surface area contributed by atoms with E-state index >= 15 is 0 Å². The third-order valence-corrected chi connectivity index (χ3v) is 6.24. The first kappa shape index (κ1) is 17.8. The average Bonchev–Trinajstić information content (AvgIpc) is 3.30. The van der Waals surface area contributed by atoms with Gasteiger partial charge in [0.05, 0.1) is 11.8 Å². The van der Waals surface area contributed by atoms with Gasteiger partial charge in [0.1, 0.15) is 6.26 Å². The maximum absolute atomic E-state index is 5.93. The van der Waals surface area contributed by atoms with Gasteiger partial charge in [-0.3, -0.25) is 9.89 Å². The highest BCUT2D eigenvalue weighted by molar-refractivity contribution is 5.80. The van der Waals surface area contributed by atoms with Crippen molar-refractivity contribution in [3.8, 4) is 0 Å². The average molecular weight is 361 g/mol. The Morgan fingerprint density at radius 1 is 1.35 bits per heavy atom. The Morgan fingerprint density at radius 2 is 2.15 bits per heavy atom. The van der Waals surface area contributed by atoms with Crippen molar-refractivity contribution < 1.29 is 9.26 Å². The van der Waals surface area contributed by atoms with E-state index in [0.29, 0.717) is 18.1 Å². The number of ether oxygens (including phenoxy) is 1. The molecule has 0 radical (unpaired) electrons. The Hall–Kier alpha value is -1.60.